The zero-order chi connectivity index (χ0) is 25.3. The summed E-state index contributed by atoms with van der Waals surface area (Å²) in [6, 6.07) is 12.7. The van der Waals surface area contributed by atoms with Crippen LogP contribution >= 0.6 is 8.53 Å². The number of carbonyl (C=O) groups is 1. The summed E-state index contributed by atoms with van der Waals surface area (Å²) in [6.45, 7) is 2.05. The van der Waals surface area contributed by atoms with Gasteiger partial charge in [-0.05, 0) is 69.7 Å². The highest BCUT2D eigenvalue weighted by Gasteiger charge is 2.27. The lowest BCUT2D eigenvalue weighted by atomic mass is 10.1. The maximum absolute atomic E-state index is 12.6. The number of hydrogen-bond acceptors (Lipinski definition) is 9. The van der Waals surface area contributed by atoms with Crippen molar-refractivity contribution in [2.45, 2.75) is 63.7 Å². The molecule has 0 saturated heterocycles. The number of aryl methyl sites for hydroxylation is 1. The van der Waals surface area contributed by atoms with Crippen molar-refractivity contribution in [3.8, 4) is 5.75 Å². The Bertz CT molecular complexity index is 1110. The van der Waals surface area contributed by atoms with Gasteiger partial charge in [0.15, 0.2) is 5.82 Å². The molecule has 2 heterocycles. The Morgan fingerprint density at radius 2 is 2.00 bits per heavy atom. The van der Waals surface area contributed by atoms with Gasteiger partial charge in [0, 0.05) is 12.8 Å². The first kappa shape index (κ1) is 26.3. The van der Waals surface area contributed by atoms with Gasteiger partial charge >= 0.3 is 14.5 Å². The normalized spacial score (nSPS) is 16.6. The standard InChI is InChI=1S/C25H34N5O5P/c1-18(25(31)34-20-8-6-7-9-20)29-36(35-21-10-4-3-5-11-21)33-16-22(32-2)14-12-19-13-15-23-24(26)27-17-28-30(19)23/h3-5,10-11,13,15,17-18,20,22,29H,6-9,12,14,16H2,1-2H3,(H2,26,27,28). The van der Waals surface area contributed by atoms with E-state index in [1.807, 2.05) is 42.5 Å². The second-order valence-corrected chi connectivity index (χ2v) is 10.0. The quantitative estimate of drug-likeness (QED) is 0.256. The number of anilines is 1. The fraction of sp³-hybridized carbons (Fsp3) is 0.480. The molecule has 0 amide bonds. The van der Waals surface area contributed by atoms with E-state index >= 15 is 0 Å². The van der Waals surface area contributed by atoms with Gasteiger partial charge in [-0.15, -0.1) is 0 Å². The Kier molecular flexibility index (Phi) is 9.47. The summed E-state index contributed by atoms with van der Waals surface area (Å²) in [5, 5.41) is 7.47. The van der Waals surface area contributed by atoms with Gasteiger partial charge in [0.2, 0.25) is 0 Å². The third-order valence-corrected chi connectivity index (χ3v) is 7.52. The molecule has 0 radical (unpaired) electrons. The number of carbonyl (C=O) groups excluding carboxylic acids is 1. The molecule has 10 nitrogen and oxygen atoms in total. The van der Waals surface area contributed by atoms with Crippen molar-refractivity contribution in [3.05, 3.63) is 54.5 Å². The topological polar surface area (TPSA) is 122 Å². The van der Waals surface area contributed by atoms with E-state index in [0.717, 1.165) is 36.9 Å². The highest BCUT2D eigenvalue weighted by atomic mass is 31.2. The number of hydrogen-bond donors (Lipinski definition) is 2. The molecule has 1 aliphatic carbocycles. The highest BCUT2D eigenvalue weighted by Crippen LogP contribution is 2.36. The minimum atomic E-state index is -1.63. The summed E-state index contributed by atoms with van der Waals surface area (Å²) in [4.78, 5) is 16.6. The van der Waals surface area contributed by atoms with Crippen LogP contribution in [0.15, 0.2) is 48.8 Å². The molecule has 3 unspecified atom stereocenters. The first-order valence-electron chi connectivity index (χ1n) is 12.3. The molecule has 11 heteroatoms. The molecule has 36 heavy (non-hydrogen) atoms. The van der Waals surface area contributed by atoms with Gasteiger partial charge in [-0.1, -0.05) is 18.2 Å². The van der Waals surface area contributed by atoms with Crippen LogP contribution < -0.4 is 15.3 Å². The molecule has 3 aromatic rings. The zero-order valence-corrected chi connectivity index (χ0v) is 21.6. The zero-order valence-electron chi connectivity index (χ0n) is 20.7. The molecule has 194 valence electrons. The van der Waals surface area contributed by atoms with Crippen LogP contribution in [0.3, 0.4) is 0 Å². The number of rotatable bonds is 13. The number of methoxy groups -OCH3 is 1. The molecule has 1 fully saturated rings. The molecular formula is C25H34N5O5P. The average molecular weight is 516 g/mol. The van der Waals surface area contributed by atoms with E-state index in [4.69, 9.17) is 24.3 Å². The SMILES string of the molecule is COC(CCc1ccc2c(N)ncnn12)COP(NC(C)C(=O)OC1CCCC1)Oc1ccccc1. The van der Waals surface area contributed by atoms with E-state index in [1.54, 1.807) is 18.5 Å². The molecule has 1 aliphatic rings. The highest BCUT2D eigenvalue weighted by molar-refractivity contribution is 7.45. The number of nitrogens with two attached hydrogens (primary N) is 1. The molecule has 3 atom stereocenters. The number of nitrogen functional groups attached to an aromatic ring is 1. The largest absolute Gasteiger partial charge is 0.461 e. The fourth-order valence-electron chi connectivity index (χ4n) is 4.08. The molecular weight excluding hydrogens is 481 g/mol. The van der Waals surface area contributed by atoms with Gasteiger partial charge in [-0.3, -0.25) is 4.79 Å². The first-order valence-corrected chi connectivity index (χ1v) is 13.4. The predicted molar refractivity (Wildman–Crippen MR) is 137 cm³/mol. The molecule has 1 saturated carbocycles. The van der Waals surface area contributed by atoms with Crippen LogP contribution in [0.1, 0.15) is 44.7 Å². The summed E-state index contributed by atoms with van der Waals surface area (Å²) >= 11 is 0. The maximum Gasteiger partial charge on any atom is 0.323 e. The molecule has 4 rings (SSSR count). The number of aromatic nitrogens is 3. The molecule has 1 aromatic carbocycles. The molecule has 0 bridgehead atoms. The summed E-state index contributed by atoms with van der Waals surface area (Å²) in [5.41, 5.74) is 7.72. The van der Waals surface area contributed by atoms with Crippen LogP contribution in [0, 0.1) is 0 Å². The van der Waals surface area contributed by atoms with Crippen LogP contribution in [-0.2, 0) is 25.2 Å². The van der Waals surface area contributed by atoms with Gasteiger partial charge in [0.05, 0.1) is 12.7 Å². The predicted octanol–water partition coefficient (Wildman–Crippen LogP) is 4.05. The number of nitrogens with one attached hydrogen (secondary N) is 1. The van der Waals surface area contributed by atoms with Gasteiger partial charge in [0.1, 0.15) is 29.7 Å². The van der Waals surface area contributed by atoms with Gasteiger partial charge in [-0.2, -0.15) is 5.10 Å². The number of fused-ring (bicyclic) bond motifs is 1. The van der Waals surface area contributed by atoms with Crippen LogP contribution in [0.5, 0.6) is 5.75 Å². The number of para-hydroxylation sites is 1. The van der Waals surface area contributed by atoms with Gasteiger partial charge in [-0.25, -0.2) is 14.6 Å². The van der Waals surface area contributed by atoms with Crippen molar-refractivity contribution in [1.29, 1.82) is 0 Å². The average Bonchev–Trinajstić information content (AvgIpc) is 3.55. The minimum Gasteiger partial charge on any atom is -0.461 e. The van der Waals surface area contributed by atoms with E-state index in [9.17, 15) is 4.79 Å². The molecule has 2 aromatic heterocycles. The number of benzene rings is 1. The lowest BCUT2D eigenvalue weighted by Crippen LogP contribution is -2.35. The van der Waals surface area contributed by atoms with Crippen LogP contribution in [0.4, 0.5) is 5.82 Å². The Morgan fingerprint density at radius 3 is 2.75 bits per heavy atom. The second-order valence-electron chi connectivity index (χ2n) is 8.81. The Balaban J connectivity index is 1.34. The van der Waals surface area contributed by atoms with E-state index in [0.29, 0.717) is 24.4 Å². The molecule has 0 spiro atoms. The van der Waals surface area contributed by atoms with Crippen molar-refractivity contribution in [1.82, 2.24) is 19.7 Å². The number of ether oxygens (including phenoxy) is 2. The van der Waals surface area contributed by atoms with Crippen LogP contribution in [-0.4, -0.2) is 52.5 Å². The van der Waals surface area contributed by atoms with Gasteiger partial charge < -0.3 is 24.3 Å². The van der Waals surface area contributed by atoms with E-state index in [1.165, 1.54) is 6.33 Å². The van der Waals surface area contributed by atoms with Crippen molar-refractivity contribution >= 4 is 25.8 Å². The second kappa shape index (κ2) is 13.0. The van der Waals surface area contributed by atoms with Crippen LogP contribution in [0.2, 0.25) is 0 Å². The van der Waals surface area contributed by atoms with Gasteiger partial charge in [0.25, 0.3) is 0 Å². The van der Waals surface area contributed by atoms with Crippen molar-refractivity contribution in [2.75, 3.05) is 19.5 Å². The lowest BCUT2D eigenvalue weighted by molar-refractivity contribution is -0.150. The summed E-state index contributed by atoms with van der Waals surface area (Å²) in [7, 11) is 0.0261. The first-order chi connectivity index (χ1) is 17.5. The number of esters is 1. The van der Waals surface area contributed by atoms with Crippen LogP contribution in [0.25, 0.3) is 5.52 Å². The van der Waals surface area contributed by atoms with E-state index < -0.39 is 14.6 Å². The van der Waals surface area contributed by atoms with Crippen molar-refractivity contribution in [3.63, 3.8) is 0 Å². The van der Waals surface area contributed by atoms with Crippen molar-refractivity contribution in [2.24, 2.45) is 0 Å². The maximum atomic E-state index is 12.6. The van der Waals surface area contributed by atoms with E-state index in [2.05, 4.69) is 15.2 Å². The molecule has 3 N–H and O–H groups in total. The monoisotopic (exact) mass is 515 g/mol. The fourth-order valence-corrected chi connectivity index (χ4v) is 5.29. The Hall–Kier alpha value is -2.78. The number of nitrogens with zero attached hydrogens (tertiary/aromatic N) is 3. The minimum absolute atomic E-state index is 0.00701. The third-order valence-electron chi connectivity index (χ3n) is 6.16. The molecule has 0 aliphatic heterocycles. The third kappa shape index (κ3) is 7.13. The van der Waals surface area contributed by atoms with E-state index in [-0.39, 0.29) is 24.8 Å². The Labute approximate surface area is 212 Å². The lowest BCUT2D eigenvalue weighted by Gasteiger charge is -2.24. The summed E-state index contributed by atoms with van der Waals surface area (Å²) in [5.74, 6) is 0.802. The van der Waals surface area contributed by atoms with Crippen molar-refractivity contribution < 1.29 is 23.3 Å². The Morgan fingerprint density at radius 1 is 1.22 bits per heavy atom. The summed E-state index contributed by atoms with van der Waals surface area (Å²) in [6.07, 6.45) is 6.72. The summed E-state index contributed by atoms with van der Waals surface area (Å²) < 4.78 is 25.3. The smallest absolute Gasteiger partial charge is 0.323 e.